The number of rotatable bonds is 3. The van der Waals surface area contributed by atoms with Crippen LogP contribution in [0.25, 0.3) is 22.2 Å². The topological polar surface area (TPSA) is 61.2 Å². The van der Waals surface area contributed by atoms with Crippen molar-refractivity contribution in [3.8, 4) is 11.3 Å². The summed E-state index contributed by atoms with van der Waals surface area (Å²) in [4.78, 5) is 8.81. The minimum atomic E-state index is -1.38. The van der Waals surface area contributed by atoms with Crippen LogP contribution >= 0.6 is 0 Å². The quantitative estimate of drug-likeness (QED) is 0.500. The number of aryl methyl sites for hydroxylation is 1. The highest BCUT2D eigenvalue weighted by Crippen LogP contribution is 2.27. The number of nitrogens with zero attached hydrogens (tertiary/aromatic N) is 3. The van der Waals surface area contributed by atoms with Crippen molar-refractivity contribution in [2.24, 2.45) is 4.40 Å². The van der Waals surface area contributed by atoms with Gasteiger partial charge in [0.1, 0.15) is 21.9 Å². The summed E-state index contributed by atoms with van der Waals surface area (Å²) >= 11 is -1.38. The molecular formula is C20H20FN3OS. The van der Waals surface area contributed by atoms with Gasteiger partial charge in [-0.15, -0.1) is 0 Å². The molecule has 134 valence electrons. The van der Waals surface area contributed by atoms with Crippen LogP contribution < -0.4 is 0 Å². The lowest BCUT2D eigenvalue weighted by atomic mass is 10.0. The van der Waals surface area contributed by atoms with Gasteiger partial charge in [0.15, 0.2) is 0 Å². The van der Waals surface area contributed by atoms with Gasteiger partial charge in [-0.1, -0.05) is 4.40 Å². The van der Waals surface area contributed by atoms with E-state index in [2.05, 4.69) is 14.4 Å². The van der Waals surface area contributed by atoms with E-state index in [0.717, 1.165) is 10.9 Å². The molecular weight excluding hydrogens is 349 g/mol. The van der Waals surface area contributed by atoms with Crippen LogP contribution in [-0.4, -0.2) is 25.5 Å². The SMILES string of the molecule is Cc1c(F)ccc2cc(C=N[S+]([O-])C(C)(C)C)c(-c3cccnc3)nc12. The van der Waals surface area contributed by atoms with Gasteiger partial charge in [-0.2, -0.15) is 0 Å². The Hall–Kier alpha value is -2.31. The lowest BCUT2D eigenvalue weighted by Gasteiger charge is -2.18. The van der Waals surface area contributed by atoms with E-state index in [1.165, 1.54) is 6.07 Å². The zero-order valence-corrected chi connectivity index (χ0v) is 16.0. The molecule has 0 fully saturated rings. The van der Waals surface area contributed by atoms with Crippen LogP contribution in [0.2, 0.25) is 0 Å². The van der Waals surface area contributed by atoms with E-state index in [0.29, 0.717) is 22.3 Å². The second kappa shape index (κ2) is 7.13. The van der Waals surface area contributed by atoms with E-state index in [1.54, 1.807) is 31.6 Å². The molecule has 0 spiro atoms. The number of hydrogen-bond donors (Lipinski definition) is 0. The normalized spacial score (nSPS) is 13.5. The van der Waals surface area contributed by atoms with Crippen LogP contribution in [0.1, 0.15) is 31.9 Å². The Kier molecular flexibility index (Phi) is 5.07. The molecule has 3 rings (SSSR count). The molecule has 0 aliphatic carbocycles. The van der Waals surface area contributed by atoms with Crippen LogP contribution in [0.15, 0.2) is 47.1 Å². The molecule has 0 radical (unpaired) electrons. The van der Waals surface area contributed by atoms with Crippen molar-refractivity contribution >= 4 is 28.5 Å². The molecule has 2 aromatic heterocycles. The van der Waals surface area contributed by atoms with E-state index < -0.39 is 16.1 Å². The molecule has 0 bridgehead atoms. The first-order valence-electron chi connectivity index (χ1n) is 8.23. The van der Waals surface area contributed by atoms with E-state index in [9.17, 15) is 8.94 Å². The molecule has 1 aromatic carbocycles. The zero-order valence-electron chi connectivity index (χ0n) is 15.2. The molecule has 4 nitrogen and oxygen atoms in total. The molecule has 0 N–H and O–H groups in total. The van der Waals surface area contributed by atoms with Crippen molar-refractivity contribution in [1.29, 1.82) is 0 Å². The van der Waals surface area contributed by atoms with Crippen molar-refractivity contribution < 1.29 is 8.94 Å². The highest BCUT2D eigenvalue weighted by atomic mass is 32.2. The van der Waals surface area contributed by atoms with E-state index in [-0.39, 0.29) is 5.82 Å². The van der Waals surface area contributed by atoms with Crippen LogP contribution in [-0.2, 0) is 11.4 Å². The Bertz CT molecular complexity index is 968. The first-order valence-corrected chi connectivity index (χ1v) is 9.34. The summed E-state index contributed by atoms with van der Waals surface area (Å²) in [6.45, 7) is 7.31. The molecule has 26 heavy (non-hydrogen) atoms. The van der Waals surface area contributed by atoms with E-state index in [4.69, 9.17) is 0 Å². The number of halogens is 1. The predicted octanol–water partition coefficient (Wildman–Crippen LogP) is 4.63. The fourth-order valence-electron chi connectivity index (χ4n) is 2.47. The van der Waals surface area contributed by atoms with Gasteiger partial charge in [0.2, 0.25) is 0 Å². The third-order valence-corrected chi connectivity index (χ3v) is 5.30. The smallest absolute Gasteiger partial charge is 0.144 e. The highest BCUT2D eigenvalue weighted by molar-refractivity contribution is 7.91. The highest BCUT2D eigenvalue weighted by Gasteiger charge is 2.26. The Balaban J connectivity index is 2.20. The molecule has 0 aliphatic rings. The summed E-state index contributed by atoms with van der Waals surface area (Å²) in [6, 6.07) is 8.70. The number of aromatic nitrogens is 2. The third kappa shape index (κ3) is 3.76. The standard InChI is InChI=1S/C20H20FN3OS/c1-13-17(21)8-7-14-10-16(12-23-26(25)20(2,3)4)19(24-18(13)14)15-6-5-9-22-11-15/h5-12H,1-4H3. The maximum absolute atomic E-state index is 13.9. The van der Waals surface area contributed by atoms with Crippen molar-refractivity contribution in [3.05, 3.63) is 59.7 Å². The average Bonchev–Trinajstić information content (AvgIpc) is 2.62. The number of hydrogen-bond acceptors (Lipinski definition) is 4. The Morgan fingerprint density at radius 1 is 1.23 bits per heavy atom. The second-order valence-electron chi connectivity index (χ2n) is 7.01. The minimum absolute atomic E-state index is 0.294. The fourth-order valence-corrected chi connectivity index (χ4v) is 2.99. The number of pyridine rings is 2. The van der Waals surface area contributed by atoms with Crippen LogP contribution in [0.5, 0.6) is 0 Å². The molecule has 6 heteroatoms. The summed E-state index contributed by atoms with van der Waals surface area (Å²) in [7, 11) is 0. The Labute approximate surface area is 155 Å². The lowest BCUT2D eigenvalue weighted by Crippen LogP contribution is -2.25. The third-order valence-electron chi connectivity index (χ3n) is 3.95. The van der Waals surface area contributed by atoms with Crippen molar-refractivity contribution in [1.82, 2.24) is 9.97 Å². The van der Waals surface area contributed by atoms with Gasteiger partial charge in [0, 0.05) is 34.5 Å². The summed E-state index contributed by atoms with van der Waals surface area (Å²) in [5.74, 6) is -0.294. The summed E-state index contributed by atoms with van der Waals surface area (Å²) in [5, 5.41) is 0.805. The fraction of sp³-hybridized carbons (Fsp3) is 0.250. The van der Waals surface area contributed by atoms with Crippen molar-refractivity contribution in [2.45, 2.75) is 32.4 Å². The monoisotopic (exact) mass is 369 g/mol. The maximum atomic E-state index is 13.9. The first-order chi connectivity index (χ1) is 12.3. The van der Waals surface area contributed by atoms with Crippen LogP contribution in [0.3, 0.4) is 0 Å². The first kappa shape index (κ1) is 18.5. The molecule has 3 aromatic rings. The molecule has 0 saturated heterocycles. The van der Waals surface area contributed by atoms with Gasteiger partial charge in [0.25, 0.3) is 0 Å². The number of fused-ring (bicyclic) bond motifs is 1. The van der Waals surface area contributed by atoms with Gasteiger partial charge in [-0.05, 0) is 58.0 Å². The van der Waals surface area contributed by atoms with E-state index in [1.807, 2.05) is 39.0 Å². The predicted molar refractivity (Wildman–Crippen MR) is 105 cm³/mol. The summed E-state index contributed by atoms with van der Waals surface area (Å²) < 4.78 is 30.0. The maximum Gasteiger partial charge on any atom is 0.144 e. The average molecular weight is 369 g/mol. The van der Waals surface area contributed by atoms with Gasteiger partial charge >= 0.3 is 0 Å². The van der Waals surface area contributed by atoms with Gasteiger partial charge in [-0.25, -0.2) is 9.37 Å². The molecule has 0 amide bonds. The molecule has 1 unspecified atom stereocenters. The molecule has 0 saturated carbocycles. The van der Waals surface area contributed by atoms with Crippen molar-refractivity contribution in [2.75, 3.05) is 0 Å². The Morgan fingerprint density at radius 3 is 2.65 bits per heavy atom. The molecule has 1 atom stereocenters. The summed E-state index contributed by atoms with van der Waals surface area (Å²) in [5.41, 5.74) is 3.23. The van der Waals surface area contributed by atoms with Crippen LogP contribution in [0.4, 0.5) is 4.39 Å². The van der Waals surface area contributed by atoms with Crippen LogP contribution in [0, 0.1) is 12.7 Å². The summed E-state index contributed by atoms with van der Waals surface area (Å²) in [6.07, 6.45) is 4.95. The number of benzene rings is 1. The molecule has 0 aliphatic heterocycles. The Morgan fingerprint density at radius 2 is 2.00 bits per heavy atom. The minimum Gasteiger partial charge on any atom is -0.591 e. The van der Waals surface area contributed by atoms with Gasteiger partial charge in [0.05, 0.1) is 17.4 Å². The lowest BCUT2D eigenvalue weighted by molar-refractivity contribution is 0.562. The van der Waals surface area contributed by atoms with Crippen molar-refractivity contribution in [3.63, 3.8) is 0 Å². The van der Waals surface area contributed by atoms with Gasteiger partial charge in [-0.3, -0.25) is 4.98 Å². The zero-order chi connectivity index (χ0) is 18.9. The van der Waals surface area contributed by atoms with E-state index >= 15 is 0 Å². The molecule has 2 heterocycles. The second-order valence-corrected chi connectivity index (χ2v) is 8.94. The largest absolute Gasteiger partial charge is 0.591 e. The van der Waals surface area contributed by atoms with Gasteiger partial charge < -0.3 is 4.55 Å².